The number of aliphatic hydroxyl groups excluding tert-OH is 1. The van der Waals surface area contributed by atoms with E-state index in [9.17, 15) is 9.90 Å². The molecule has 4 heteroatoms. The summed E-state index contributed by atoms with van der Waals surface area (Å²) in [5.74, 6) is -0.217. The number of esters is 1. The van der Waals surface area contributed by atoms with Crippen molar-refractivity contribution in [2.75, 3.05) is 7.05 Å². The van der Waals surface area contributed by atoms with Crippen LogP contribution < -0.4 is 0 Å². The molecule has 14 heavy (non-hydrogen) atoms. The van der Waals surface area contributed by atoms with E-state index in [2.05, 4.69) is 4.90 Å². The van der Waals surface area contributed by atoms with Crippen molar-refractivity contribution >= 4 is 5.97 Å². The Labute approximate surface area is 83.8 Å². The van der Waals surface area contributed by atoms with Crippen LogP contribution in [0.25, 0.3) is 0 Å². The number of hydrogen-bond acceptors (Lipinski definition) is 4. The highest BCUT2D eigenvalue weighted by molar-refractivity contribution is 5.66. The number of nitrogens with zero attached hydrogens (tertiary/aromatic N) is 1. The molecule has 0 aromatic rings. The van der Waals surface area contributed by atoms with Crippen molar-refractivity contribution in [3.05, 3.63) is 0 Å². The lowest BCUT2D eigenvalue weighted by Crippen LogP contribution is -2.44. The topological polar surface area (TPSA) is 49.8 Å². The first-order valence-corrected chi connectivity index (χ1v) is 5.15. The Morgan fingerprint density at radius 3 is 2.79 bits per heavy atom. The first-order valence-electron chi connectivity index (χ1n) is 5.15. The summed E-state index contributed by atoms with van der Waals surface area (Å²) < 4.78 is 5.25. The number of fused-ring (bicyclic) bond motifs is 2. The molecule has 2 aliphatic heterocycles. The molecule has 4 atom stereocenters. The van der Waals surface area contributed by atoms with Gasteiger partial charge in [0.25, 0.3) is 0 Å². The molecule has 0 unspecified atom stereocenters. The highest BCUT2D eigenvalue weighted by atomic mass is 16.5. The molecule has 0 radical (unpaired) electrons. The maximum atomic E-state index is 10.9. The Kier molecular flexibility index (Phi) is 2.49. The van der Waals surface area contributed by atoms with Crippen LogP contribution in [0, 0.1) is 0 Å². The van der Waals surface area contributed by atoms with Gasteiger partial charge in [-0.2, -0.15) is 0 Å². The van der Waals surface area contributed by atoms with Crippen molar-refractivity contribution in [3.63, 3.8) is 0 Å². The highest BCUT2D eigenvalue weighted by Gasteiger charge is 2.45. The summed E-state index contributed by atoms with van der Waals surface area (Å²) in [5, 5.41) is 9.59. The van der Waals surface area contributed by atoms with Crippen molar-refractivity contribution < 1.29 is 14.6 Å². The van der Waals surface area contributed by atoms with E-state index in [4.69, 9.17) is 4.74 Å². The fourth-order valence-corrected chi connectivity index (χ4v) is 2.73. The van der Waals surface area contributed by atoms with Crippen LogP contribution in [0.2, 0.25) is 0 Å². The molecule has 0 aromatic heterocycles. The van der Waals surface area contributed by atoms with Gasteiger partial charge in [0.05, 0.1) is 6.10 Å². The molecule has 0 amide bonds. The van der Waals surface area contributed by atoms with Crippen molar-refractivity contribution in [2.45, 2.75) is 50.5 Å². The van der Waals surface area contributed by atoms with Crippen LogP contribution in [0.4, 0.5) is 0 Å². The third-order valence-corrected chi connectivity index (χ3v) is 3.41. The Morgan fingerprint density at radius 2 is 2.14 bits per heavy atom. The second kappa shape index (κ2) is 3.51. The zero-order valence-electron chi connectivity index (χ0n) is 8.64. The van der Waals surface area contributed by atoms with Crippen molar-refractivity contribution in [3.8, 4) is 0 Å². The minimum Gasteiger partial charge on any atom is -0.461 e. The third kappa shape index (κ3) is 1.64. The van der Waals surface area contributed by atoms with Crippen molar-refractivity contribution in [1.82, 2.24) is 4.90 Å². The summed E-state index contributed by atoms with van der Waals surface area (Å²) in [6, 6.07) is 0.598. The fourth-order valence-electron chi connectivity index (χ4n) is 2.73. The molecular formula is C10H17NO3. The Hall–Kier alpha value is -0.610. The van der Waals surface area contributed by atoms with E-state index in [-0.39, 0.29) is 24.2 Å². The molecule has 2 saturated heterocycles. The average molecular weight is 199 g/mol. The summed E-state index contributed by atoms with van der Waals surface area (Å²) in [5.41, 5.74) is 0. The molecular weight excluding hydrogens is 182 g/mol. The summed E-state index contributed by atoms with van der Waals surface area (Å²) >= 11 is 0. The number of carbonyl (C=O) groups is 1. The number of carbonyl (C=O) groups excluding carboxylic acids is 1. The molecule has 0 aliphatic carbocycles. The molecule has 4 nitrogen and oxygen atoms in total. The van der Waals surface area contributed by atoms with Gasteiger partial charge in [0.2, 0.25) is 0 Å². The first kappa shape index (κ1) is 9.93. The summed E-state index contributed by atoms with van der Waals surface area (Å²) in [6.45, 7) is 1.44. The molecule has 80 valence electrons. The minimum absolute atomic E-state index is 0.0142. The van der Waals surface area contributed by atoms with Gasteiger partial charge in [-0.25, -0.2) is 0 Å². The van der Waals surface area contributed by atoms with Gasteiger partial charge >= 0.3 is 5.97 Å². The standard InChI is InChI=1S/C10H17NO3/c1-6(12)14-10-4-7-3-8(13)5-9(10)11(7)2/h7-10,13H,3-5H2,1-2H3/t7-,8-,9-,10-/m1/s1. The largest absolute Gasteiger partial charge is 0.461 e. The fraction of sp³-hybridized carbons (Fsp3) is 0.900. The van der Waals surface area contributed by atoms with Crippen molar-refractivity contribution in [1.29, 1.82) is 0 Å². The van der Waals surface area contributed by atoms with E-state index >= 15 is 0 Å². The van der Waals surface area contributed by atoms with E-state index in [0.717, 1.165) is 19.3 Å². The Bertz CT molecular complexity index is 244. The van der Waals surface area contributed by atoms with Gasteiger partial charge < -0.3 is 9.84 Å². The van der Waals surface area contributed by atoms with E-state index in [1.807, 2.05) is 7.05 Å². The summed E-state index contributed by atoms with van der Waals surface area (Å²) in [7, 11) is 2.05. The second-order valence-electron chi connectivity index (χ2n) is 4.40. The van der Waals surface area contributed by atoms with E-state index in [0.29, 0.717) is 6.04 Å². The molecule has 2 rings (SSSR count). The smallest absolute Gasteiger partial charge is 0.302 e. The van der Waals surface area contributed by atoms with Crippen LogP contribution in [0.5, 0.6) is 0 Å². The minimum atomic E-state index is -0.221. The van der Waals surface area contributed by atoms with Crippen molar-refractivity contribution in [2.24, 2.45) is 0 Å². The number of ether oxygens (including phenoxy) is 1. The van der Waals surface area contributed by atoms with Crippen LogP contribution >= 0.6 is 0 Å². The van der Waals surface area contributed by atoms with E-state index in [1.54, 1.807) is 0 Å². The van der Waals surface area contributed by atoms with Gasteiger partial charge in [-0.3, -0.25) is 9.69 Å². The quantitative estimate of drug-likeness (QED) is 0.610. The van der Waals surface area contributed by atoms with Gasteiger partial charge in [0.15, 0.2) is 0 Å². The highest BCUT2D eigenvalue weighted by Crippen LogP contribution is 2.36. The zero-order valence-corrected chi connectivity index (χ0v) is 8.64. The van der Waals surface area contributed by atoms with Crippen LogP contribution in [0.1, 0.15) is 26.2 Å². The predicted molar refractivity (Wildman–Crippen MR) is 50.8 cm³/mol. The van der Waals surface area contributed by atoms with Gasteiger partial charge in [0.1, 0.15) is 6.10 Å². The SMILES string of the molecule is CC(=O)O[C@@H]1C[C@H]2C[C@@H](O)C[C@H]1N2C. The maximum Gasteiger partial charge on any atom is 0.302 e. The summed E-state index contributed by atoms with van der Waals surface area (Å²) in [4.78, 5) is 13.1. The first-order chi connectivity index (χ1) is 6.58. The van der Waals surface area contributed by atoms with Gasteiger partial charge in [0, 0.05) is 25.4 Å². The van der Waals surface area contributed by atoms with Crippen LogP contribution in [0.3, 0.4) is 0 Å². The molecule has 2 bridgehead atoms. The van der Waals surface area contributed by atoms with Crippen LogP contribution in [-0.4, -0.2) is 47.3 Å². The second-order valence-corrected chi connectivity index (χ2v) is 4.40. The molecule has 0 saturated carbocycles. The average Bonchev–Trinajstić information content (AvgIpc) is 2.30. The maximum absolute atomic E-state index is 10.9. The summed E-state index contributed by atoms with van der Waals surface area (Å²) in [6.07, 6.45) is 2.18. The van der Waals surface area contributed by atoms with Gasteiger partial charge in [-0.1, -0.05) is 0 Å². The number of hydrogen-bond donors (Lipinski definition) is 1. The van der Waals surface area contributed by atoms with Gasteiger partial charge in [-0.05, 0) is 19.9 Å². The molecule has 2 aliphatic rings. The molecule has 2 heterocycles. The molecule has 1 N–H and O–H groups in total. The monoisotopic (exact) mass is 199 g/mol. The lowest BCUT2D eigenvalue weighted by molar-refractivity contribution is -0.147. The van der Waals surface area contributed by atoms with E-state index in [1.165, 1.54) is 6.92 Å². The lowest BCUT2D eigenvalue weighted by Gasteiger charge is -2.34. The molecule has 2 fully saturated rings. The molecule has 0 aromatic carbocycles. The predicted octanol–water partition coefficient (Wildman–Crippen LogP) is 0.145. The Morgan fingerprint density at radius 1 is 1.43 bits per heavy atom. The van der Waals surface area contributed by atoms with E-state index < -0.39 is 0 Å². The Balaban J connectivity index is 2.05. The van der Waals surface area contributed by atoms with Crippen LogP contribution in [0.15, 0.2) is 0 Å². The lowest BCUT2D eigenvalue weighted by atomic mass is 10.0. The normalized spacial score (nSPS) is 42.5. The zero-order chi connectivity index (χ0) is 10.3. The number of rotatable bonds is 1. The third-order valence-electron chi connectivity index (χ3n) is 3.41. The number of likely N-dealkylation sites (N-methyl/N-ethyl adjacent to an activating group) is 1. The number of piperidine rings is 1. The van der Waals surface area contributed by atoms with Crippen LogP contribution in [-0.2, 0) is 9.53 Å². The number of aliphatic hydroxyl groups is 1. The van der Waals surface area contributed by atoms with Gasteiger partial charge in [-0.15, -0.1) is 0 Å². The molecule has 0 spiro atoms.